The Labute approximate surface area is 214 Å². The van der Waals surface area contributed by atoms with Gasteiger partial charge < -0.3 is 9.64 Å². The molecule has 0 saturated heterocycles. The number of hydrogen-bond donors (Lipinski definition) is 1. The molecule has 0 radical (unpaired) electrons. The van der Waals surface area contributed by atoms with Gasteiger partial charge in [-0.2, -0.15) is 5.10 Å². The zero-order valence-electron chi connectivity index (χ0n) is 19.3. The fourth-order valence-electron chi connectivity index (χ4n) is 4.40. The van der Waals surface area contributed by atoms with E-state index in [0.29, 0.717) is 28.9 Å². The molecule has 1 aliphatic rings. The fourth-order valence-corrected chi connectivity index (χ4v) is 4.65. The van der Waals surface area contributed by atoms with Crippen molar-refractivity contribution in [2.24, 2.45) is 0 Å². The van der Waals surface area contributed by atoms with Crippen molar-refractivity contribution in [1.82, 2.24) is 15.1 Å². The first-order valence-electron chi connectivity index (χ1n) is 11.7. The average molecular weight is 506 g/mol. The van der Waals surface area contributed by atoms with Gasteiger partial charge in [0, 0.05) is 27.7 Å². The normalized spacial score (nSPS) is 14.9. The van der Waals surface area contributed by atoms with E-state index in [4.69, 9.17) is 27.9 Å². The molecule has 1 aliphatic heterocycles. The number of carbonyl (C=O) groups is 1. The molecule has 0 saturated carbocycles. The van der Waals surface area contributed by atoms with Crippen LogP contribution in [0.5, 0.6) is 5.75 Å². The van der Waals surface area contributed by atoms with Gasteiger partial charge in [-0.05, 0) is 53.9 Å². The third-order valence-electron chi connectivity index (χ3n) is 6.21. The van der Waals surface area contributed by atoms with Crippen molar-refractivity contribution in [1.29, 1.82) is 0 Å². The monoisotopic (exact) mass is 505 g/mol. The second kappa shape index (κ2) is 10.1. The highest BCUT2D eigenvalue weighted by atomic mass is 35.5. The van der Waals surface area contributed by atoms with Crippen LogP contribution in [0.15, 0.2) is 72.8 Å². The van der Waals surface area contributed by atoms with Gasteiger partial charge >= 0.3 is 0 Å². The first-order chi connectivity index (χ1) is 17.0. The van der Waals surface area contributed by atoms with Crippen LogP contribution in [0.2, 0.25) is 10.0 Å². The van der Waals surface area contributed by atoms with E-state index in [1.807, 2.05) is 77.7 Å². The van der Waals surface area contributed by atoms with Crippen molar-refractivity contribution in [3.63, 3.8) is 0 Å². The number of carbonyl (C=O) groups excluding carboxylic acids is 1. The molecule has 1 atom stereocenters. The van der Waals surface area contributed by atoms with E-state index in [2.05, 4.69) is 17.1 Å². The van der Waals surface area contributed by atoms with Crippen molar-refractivity contribution >= 4 is 29.1 Å². The Morgan fingerprint density at radius 2 is 1.60 bits per heavy atom. The van der Waals surface area contributed by atoms with Crippen LogP contribution in [0.3, 0.4) is 0 Å². The van der Waals surface area contributed by atoms with Gasteiger partial charge in [0.25, 0.3) is 5.91 Å². The van der Waals surface area contributed by atoms with Crippen molar-refractivity contribution in [2.45, 2.75) is 32.4 Å². The minimum absolute atomic E-state index is 0.0871. The number of benzene rings is 3. The summed E-state index contributed by atoms with van der Waals surface area (Å²) in [6, 6.07) is 22.8. The smallest absolute Gasteiger partial charge is 0.273 e. The summed E-state index contributed by atoms with van der Waals surface area (Å²) in [7, 11) is 0. The Balaban J connectivity index is 1.55. The highest BCUT2D eigenvalue weighted by Gasteiger charge is 2.42. The summed E-state index contributed by atoms with van der Waals surface area (Å²) in [5.41, 5.74) is 5.02. The molecule has 3 aromatic carbocycles. The second-order valence-electron chi connectivity index (χ2n) is 8.60. The third kappa shape index (κ3) is 4.79. The van der Waals surface area contributed by atoms with Gasteiger partial charge in [-0.15, -0.1) is 0 Å². The number of ether oxygens (including phenoxy) is 1. The molecule has 1 unspecified atom stereocenters. The number of rotatable bonds is 8. The number of nitrogens with one attached hydrogen (secondary N) is 1. The zero-order chi connectivity index (χ0) is 24.4. The summed E-state index contributed by atoms with van der Waals surface area (Å²) < 4.78 is 5.85. The van der Waals surface area contributed by atoms with Crippen molar-refractivity contribution in [3.05, 3.63) is 105 Å². The number of amides is 1. The lowest BCUT2D eigenvalue weighted by atomic mass is 9.96. The Morgan fingerprint density at radius 1 is 0.943 bits per heavy atom. The molecule has 35 heavy (non-hydrogen) atoms. The first kappa shape index (κ1) is 23.5. The molecule has 0 spiro atoms. The van der Waals surface area contributed by atoms with E-state index < -0.39 is 0 Å². The van der Waals surface area contributed by atoms with Gasteiger partial charge in [0.05, 0.1) is 18.3 Å². The number of fused-ring (bicyclic) bond motifs is 1. The van der Waals surface area contributed by atoms with Crippen molar-refractivity contribution < 1.29 is 9.53 Å². The largest absolute Gasteiger partial charge is 0.494 e. The molecule has 1 aromatic heterocycles. The Hall–Kier alpha value is -3.28. The molecule has 2 heterocycles. The lowest BCUT2D eigenvalue weighted by molar-refractivity contribution is 0.0730. The van der Waals surface area contributed by atoms with E-state index in [1.165, 1.54) is 0 Å². The van der Waals surface area contributed by atoms with E-state index >= 15 is 0 Å². The standard InChI is InChI=1S/C28H25Cl2N3O2/c1-2-3-16-35-23-14-8-20(9-15-23)27-24-25(19-6-12-22(30)13-7-19)31-32-26(24)28(34)33(27)17-18-4-10-21(29)11-5-18/h4-15,27H,2-3,16-17H2,1H3,(H,31,32). The summed E-state index contributed by atoms with van der Waals surface area (Å²) in [4.78, 5) is 15.4. The van der Waals surface area contributed by atoms with Crippen LogP contribution in [0.1, 0.15) is 53.0 Å². The van der Waals surface area contributed by atoms with E-state index in [-0.39, 0.29) is 11.9 Å². The summed E-state index contributed by atoms with van der Waals surface area (Å²) in [5, 5.41) is 8.84. The van der Waals surface area contributed by atoms with Gasteiger partial charge in [-0.3, -0.25) is 9.89 Å². The van der Waals surface area contributed by atoms with E-state index in [9.17, 15) is 4.79 Å². The number of halogens is 2. The summed E-state index contributed by atoms with van der Waals surface area (Å²) in [6.45, 7) is 3.27. The Kier molecular flexibility index (Phi) is 6.80. The minimum Gasteiger partial charge on any atom is -0.494 e. The van der Waals surface area contributed by atoms with Gasteiger partial charge in [0.1, 0.15) is 11.4 Å². The molecule has 5 nitrogen and oxygen atoms in total. The summed E-state index contributed by atoms with van der Waals surface area (Å²) >= 11 is 12.2. The van der Waals surface area contributed by atoms with Gasteiger partial charge in [-0.25, -0.2) is 0 Å². The molecule has 1 amide bonds. The van der Waals surface area contributed by atoms with Crippen LogP contribution in [0.25, 0.3) is 11.3 Å². The first-order valence-corrected chi connectivity index (χ1v) is 12.4. The molecule has 0 fully saturated rings. The number of H-pyrrole nitrogens is 1. The zero-order valence-corrected chi connectivity index (χ0v) is 20.8. The van der Waals surface area contributed by atoms with Gasteiger partial charge in [-0.1, -0.05) is 72.9 Å². The van der Waals surface area contributed by atoms with E-state index in [0.717, 1.165) is 46.5 Å². The number of unbranched alkanes of at least 4 members (excludes halogenated alkanes) is 1. The molecule has 0 aliphatic carbocycles. The van der Waals surface area contributed by atoms with Gasteiger partial charge in [0.15, 0.2) is 0 Å². The molecule has 7 heteroatoms. The Morgan fingerprint density at radius 3 is 2.26 bits per heavy atom. The quantitative estimate of drug-likeness (QED) is 0.255. The van der Waals surface area contributed by atoms with Crippen LogP contribution in [0.4, 0.5) is 0 Å². The average Bonchev–Trinajstić information content (AvgIpc) is 3.41. The molecule has 5 rings (SSSR count). The summed E-state index contributed by atoms with van der Waals surface area (Å²) in [6.07, 6.45) is 2.09. The highest BCUT2D eigenvalue weighted by Crippen LogP contribution is 2.44. The van der Waals surface area contributed by atoms with E-state index in [1.54, 1.807) is 0 Å². The maximum atomic E-state index is 13.6. The number of aromatic amines is 1. The number of nitrogens with zero attached hydrogens (tertiary/aromatic N) is 2. The molecular weight excluding hydrogens is 481 g/mol. The lowest BCUT2D eigenvalue weighted by Gasteiger charge is -2.26. The maximum Gasteiger partial charge on any atom is 0.273 e. The predicted molar refractivity (Wildman–Crippen MR) is 139 cm³/mol. The molecule has 4 aromatic rings. The molecule has 0 bridgehead atoms. The van der Waals surface area contributed by atoms with Crippen molar-refractivity contribution in [3.8, 4) is 17.0 Å². The predicted octanol–water partition coefficient (Wildman–Crippen LogP) is 7.31. The van der Waals surface area contributed by atoms with Gasteiger partial charge in [0.2, 0.25) is 0 Å². The minimum atomic E-state index is -0.303. The maximum absolute atomic E-state index is 13.6. The van der Waals surface area contributed by atoms with Crippen LogP contribution < -0.4 is 4.74 Å². The number of hydrogen-bond acceptors (Lipinski definition) is 3. The SMILES string of the molecule is CCCCOc1ccc(C2c3c(-c4ccc(Cl)cc4)n[nH]c3C(=O)N2Cc2ccc(Cl)cc2)cc1. The lowest BCUT2D eigenvalue weighted by Crippen LogP contribution is -2.29. The van der Waals surface area contributed by atoms with Crippen LogP contribution in [-0.2, 0) is 6.54 Å². The van der Waals surface area contributed by atoms with Crippen LogP contribution >= 0.6 is 23.2 Å². The highest BCUT2D eigenvalue weighted by molar-refractivity contribution is 6.30. The number of aromatic nitrogens is 2. The molecule has 178 valence electrons. The van der Waals surface area contributed by atoms with Crippen LogP contribution in [0, 0.1) is 0 Å². The fraction of sp³-hybridized carbons (Fsp3) is 0.214. The topological polar surface area (TPSA) is 58.2 Å². The third-order valence-corrected chi connectivity index (χ3v) is 6.71. The van der Waals surface area contributed by atoms with Crippen LogP contribution in [-0.4, -0.2) is 27.6 Å². The summed E-state index contributed by atoms with van der Waals surface area (Å²) in [5.74, 6) is 0.733. The molecular formula is C28H25Cl2N3O2. The molecule has 1 N–H and O–H groups in total. The Bertz CT molecular complexity index is 1320. The van der Waals surface area contributed by atoms with Crippen molar-refractivity contribution in [2.75, 3.05) is 6.61 Å². The second-order valence-corrected chi connectivity index (χ2v) is 9.47.